The van der Waals surface area contributed by atoms with E-state index in [9.17, 15) is 13.2 Å². The highest BCUT2D eigenvalue weighted by molar-refractivity contribution is 7.89. The molecule has 0 bridgehead atoms. The summed E-state index contributed by atoms with van der Waals surface area (Å²) in [4.78, 5) is 12.2. The Morgan fingerprint density at radius 1 is 1.03 bits per heavy atom. The zero-order chi connectivity index (χ0) is 22.3. The number of hydrogen-bond donors (Lipinski definition) is 1. The lowest BCUT2D eigenvalue weighted by atomic mass is 10.1. The van der Waals surface area contributed by atoms with E-state index in [0.717, 1.165) is 18.4 Å². The van der Waals surface area contributed by atoms with Gasteiger partial charge >= 0.3 is 0 Å². The predicted octanol–water partition coefficient (Wildman–Crippen LogP) is 3.72. The second kappa shape index (κ2) is 10.6. The zero-order valence-electron chi connectivity index (χ0n) is 17.1. The largest absolute Gasteiger partial charge is 0.494 e. The van der Waals surface area contributed by atoms with Crippen molar-refractivity contribution >= 4 is 21.6 Å². The van der Waals surface area contributed by atoms with Gasteiger partial charge < -0.3 is 4.74 Å². The van der Waals surface area contributed by atoms with Crippen molar-refractivity contribution in [1.29, 1.82) is 0 Å². The minimum Gasteiger partial charge on any atom is -0.494 e. The molecule has 31 heavy (non-hydrogen) atoms. The quantitative estimate of drug-likeness (QED) is 0.465. The third-order valence-electron chi connectivity index (χ3n) is 4.52. The molecular formula is C22H24ClN3O4S. The summed E-state index contributed by atoms with van der Waals surface area (Å²) < 4.78 is 34.3. The fourth-order valence-corrected chi connectivity index (χ4v) is 3.95. The van der Waals surface area contributed by atoms with Crippen molar-refractivity contribution in [3.63, 3.8) is 0 Å². The number of nitrogens with one attached hydrogen (secondary N) is 1. The van der Waals surface area contributed by atoms with Gasteiger partial charge in [-0.25, -0.2) is 17.8 Å². The van der Waals surface area contributed by atoms with Crippen LogP contribution in [0.3, 0.4) is 0 Å². The summed E-state index contributed by atoms with van der Waals surface area (Å²) in [6, 6.07) is 16.4. The highest BCUT2D eigenvalue weighted by Gasteiger charge is 2.14. The second-order valence-electron chi connectivity index (χ2n) is 6.86. The molecule has 0 unspecified atom stereocenters. The molecule has 1 heterocycles. The number of aromatic nitrogens is 2. The summed E-state index contributed by atoms with van der Waals surface area (Å²) in [6.07, 6.45) is 1.96. The van der Waals surface area contributed by atoms with Gasteiger partial charge in [0.1, 0.15) is 5.75 Å². The summed E-state index contributed by atoms with van der Waals surface area (Å²) in [5.41, 5.74) is 1.09. The molecule has 3 rings (SSSR count). The van der Waals surface area contributed by atoms with E-state index in [2.05, 4.69) is 16.7 Å². The van der Waals surface area contributed by atoms with Crippen LogP contribution in [0.25, 0.3) is 11.3 Å². The van der Waals surface area contributed by atoms with Crippen LogP contribution >= 0.6 is 11.6 Å². The maximum Gasteiger partial charge on any atom is 0.266 e. The molecule has 0 aliphatic carbocycles. The van der Waals surface area contributed by atoms with Crippen LogP contribution < -0.4 is 15.0 Å². The fraction of sp³-hybridized carbons (Fsp3) is 0.273. The van der Waals surface area contributed by atoms with Gasteiger partial charge in [0, 0.05) is 23.2 Å². The van der Waals surface area contributed by atoms with Crippen LogP contribution in [0.15, 0.2) is 70.4 Å². The van der Waals surface area contributed by atoms with Crippen molar-refractivity contribution in [3.8, 4) is 17.0 Å². The Kier molecular flexibility index (Phi) is 7.84. The topological polar surface area (TPSA) is 90.3 Å². The minimum absolute atomic E-state index is 0.0219. The third-order valence-corrected chi connectivity index (χ3v) is 6.25. The Balaban J connectivity index is 1.63. The highest BCUT2D eigenvalue weighted by atomic mass is 35.5. The van der Waals surface area contributed by atoms with Crippen LogP contribution in [0.5, 0.6) is 5.75 Å². The Morgan fingerprint density at radius 2 is 1.74 bits per heavy atom. The molecule has 3 aromatic rings. The molecule has 7 nitrogen and oxygen atoms in total. The number of nitrogens with zero attached hydrogens (tertiary/aromatic N) is 2. The van der Waals surface area contributed by atoms with E-state index in [4.69, 9.17) is 16.3 Å². The maximum absolute atomic E-state index is 12.5. The molecule has 0 radical (unpaired) electrons. The molecule has 164 valence electrons. The molecule has 0 saturated heterocycles. The molecular weight excluding hydrogens is 438 g/mol. The van der Waals surface area contributed by atoms with E-state index in [1.165, 1.54) is 22.9 Å². The first-order valence-electron chi connectivity index (χ1n) is 9.96. The average molecular weight is 462 g/mol. The maximum atomic E-state index is 12.5. The molecule has 0 saturated carbocycles. The van der Waals surface area contributed by atoms with Crippen LogP contribution in [0, 0.1) is 0 Å². The van der Waals surface area contributed by atoms with E-state index in [1.54, 1.807) is 42.5 Å². The van der Waals surface area contributed by atoms with Gasteiger partial charge in [-0.1, -0.05) is 37.1 Å². The van der Waals surface area contributed by atoms with Crippen LogP contribution in [0.4, 0.5) is 0 Å². The fourth-order valence-electron chi connectivity index (χ4n) is 2.80. The van der Waals surface area contributed by atoms with Crippen LogP contribution in [0.1, 0.15) is 19.8 Å². The first kappa shape index (κ1) is 23.0. The van der Waals surface area contributed by atoms with Gasteiger partial charge in [0.15, 0.2) is 0 Å². The summed E-state index contributed by atoms with van der Waals surface area (Å²) in [5, 5.41) is 4.93. The third kappa shape index (κ3) is 6.40. The molecule has 0 atom stereocenters. The number of benzene rings is 2. The zero-order valence-corrected chi connectivity index (χ0v) is 18.7. The monoisotopic (exact) mass is 461 g/mol. The first-order valence-corrected chi connectivity index (χ1v) is 11.8. The van der Waals surface area contributed by atoms with Gasteiger partial charge in [-0.3, -0.25) is 4.79 Å². The minimum atomic E-state index is -3.72. The molecule has 1 aromatic heterocycles. The van der Waals surface area contributed by atoms with Gasteiger partial charge in [0.05, 0.1) is 23.7 Å². The Labute approximate surface area is 186 Å². The normalized spacial score (nSPS) is 11.4. The summed E-state index contributed by atoms with van der Waals surface area (Å²) in [6.45, 7) is 2.78. The number of halogens is 1. The van der Waals surface area contributed by atoms with E-state index in [1.807, 2.05) is 0 Å². The second-order valence-corrected chi connectivity index (χ2v) is 9.06. The number of hydrogen-bond acceptors (Lipinski definition) is 5. The van der Waals surface area contributed by atoms with Crippen molar-refractivity contribution in [2.24, 2.45) is 0 Å². The van der Waals surface area contributed by atoms with Crippen molar-refractivity contribution in [2.45, 2.75) is 31.2 Å². The molecule has 0 spiro atoms. The summed E-state index contributed by atoms with van der Waals surface area (Å²) in [5.74, 6) is 0.627. The van der Waals surface area contributed by atoms with Gasteiger partial charge in [-0.2, -0.15) is 5.10 Å². The Bertz CT molecular complexity index is 1160. The van der Waals surface area contributed by atoms with Gasteiger partial charge in [-0.15, -0.1) is 0 Å². The van der Waals surface area contributed by atoms with Crippen molar-refractivity contribution in [2.75, 3.05) is 13.2 Å². The SMILES string of the molecule is CCCCOc1ccc(S(=O)(=O)NCCn2nc(-c3ccc(Cl)cc3)ccc2=O)cc1. The standard InChI is InChI=1S/C22H24ClN3O4S/c1-2-3-16-30-19-8-10-20(11-9-19)31(28,29)24-14-15-26-22(27)13-12-21(25-26)17-4-6-18(23)7-5-17/h4-13,24H,2-3,14-16H2,1H3. The molecule has 2 aromatic carbocycles. The van der Waals surface area contributed by atoms with Gasteiger partial charge in [-0.05, 0) is 48.9 Å². The van der Waals surface area contributed by atoms with Gasteiger partial charge in [0.2, 0.25) is 10.0 Å². The van der Waals surface area contributed by atoms with E-state index in [-0.39, 0.29) is 23.5 Å². The number of sulfonamides is 1. The van der Waals surface area contributed by atoms with E-state index >= 15 is 0 Å². The van der Waals surface area contributed by atoms with Crippen LogP contribution in [-0.2, 0) is 16.6 Å². The lowest BCUT2D eigenvalue weighted by molar-refractivity contribution is 0.309. The van der Waals surface area contributed by atoms with Crippen LogP contribution in [-0.4, -0.2) is 31.3 Å². The van der Waals surface area contributed by atoms with Crippen molar-refractivity contribution in [3.05, 3.63) is 76.0 Å². The smallest absolute Gasteiger partial charge is 0.266 e. The Hall–Kier alpha value is -2.68. The summed E-state index contributed by atoms with van der Waals surface area (Å²) in [7, 11) is -3.72. The van der Waals surface area contributed by atoms with Crippen LogP contribution in [0.2, 0.25) is 5.02 Å². The first-order chi connectivity index (χ1) is 14.9. The molecule has 9 heteroatoms. The molecule has 0 fully saturated rings. The van der Waals surface area contributed by atoms with Crippen molar-refractivity contribution in [1.82, 2.24) is 14.5 Å². The van der Waals surface area contributed by atoms with E-state index < -0.39 is 10.0 Å². The van der Waals surface area contributed by atoms with Gasteiger partial charge in [0.25, 0.3) is 5.56 Å². The molecule has 0 amide bonds. The summed E-state index contributed by atoms with van der Waals surface area (Å²) >= 11 is 5.91. The van der Waals surface area contributed by atoms with E-state index in [0.29, 0.717) is 23.1 Å². The Morgan fingerprint density at radius 3 is 2.42 bits per heavy atom. The number of unbranched alkanes of at least 4 members (excludes halogenated alkanes) is 1. The molecule has 1 N–H and O–H groups in total. The average Bonchev–Trinajstić information content (AvgIpc) is 2.76. The molecule has 0 aliphatic rings. The number of ether oxygens (including phenoxy) is 1. The lowest BCUT2D eigenvalue weighted by Crippen LogP contribution is -2.32. The molecule has 0 aliphatic heterocycles. The number of rotatable bonds is 10. The van der Waals surface area contributed by atoms with Crippen molar-refractivity contribution < 1.29 is 13.2 Å². The predicted molar refractivity (Wildman–Crippen MR) is 121 cm³/mol. The lowest BCUT2D eigenvalue weighted by Gasteiger charge is -2.10. The highest BCUT2D eigenvalue weighted by Crippen LogP contribution is 2.18.